The van der Waals surface area contributed by atoms with Crippen molar-refractivity contribution in [1.82, 2.24) is 14.6 Å². The zero-order valence-corrected chi connectivity index (χ0v) is 24.7. The molecule has 12 nitrogen and oxygen atoms in total. The van der Waals surface area contributed by atoms with E-state index in [9.17, 15) is 37.8 Å². The number of carbonyl (C=O) groups is 1. The minimum atomic E-state index is -3.97. The molecule has 43 heavy (non-hydrogen) atoms. The lowest BCUT2D eigenvalue weighted by Crippen LogP contribution is -2.53. The molecule has 1 unspecified atom stereocenters. The number of aliphatic hydroxyl groups is 2. The Morgan fingerprint density at radius 2 is 1.86 bits per heavy atom. The molecule has 0 bridgehead atoms. The molecule has 0 saturated carbocycles. The Labute approximate surface area is 247 Å². The molecule has 17 heteroatoms. The number of esters is 1. The zero-order chi connectivity index (χ0) is 31.7. The summed E-state index contributed by atoms with van der Waals surface area (Å²) >= 11 is 5.59. The second-order valence-electron chi connectivity index (χ2n) is 10.1. The van der Waals surface area contributed by atoms with Crippen LogP contribution < -0.4 is 20.9 Å². The normalized spacial score (nSPS) is 24.3. The molecule has 1 aliphatic heterocycles. The highest BCUT2D eigenvalue weighted by atomic mass is 32.5. The van der Waals surface area contributed by atoms with Crippen molar-refractivity contribution in [1.29, 1.82) is 0 Å². The van der Waals surface area contributed by atoms with Gasteiger partial charge in [-0.15, -0.1) is 0 Å². The fourth-order valence-electron chi connectivity index (χ4n) is 4.31. The highest BCUT2D eigenvalue weighted by molar-refractivity contribution is 8.09. The molecule has 4 rings (SSSR count). The summed E-state index contributed by atoms with van der Waals surface area (Å²) < 4.78 is 65.6. The molecule has 1 saturated heterocycles. The van der Waals surface area contributed by atoms with Crippen molar-refractivity contribution in [3.05, 3.63) is 75.3 Å². The van der Waals surface area contributed by atoms with Crippen molar-refractivity contribution < 1.29 is 46.7 Å². The third kappa shape index (κ3) is 7.01. The minimum absolute atomic E-state index is 0.158. The van der Waals surface area contributed by atoms with Crippen molar-refractivity contribution in [2.75, 3.05) is 6.61 Å². The number of nitrogens with one attached hydrogen (secondary N) is 2. The van der Waals surface area contributed by atoms with E-state index >= 15 is 0 Å². The fraction of sp³-hybridized carbons (Fsp3) is 0.423. The van der Waals surface area contributed by atoms with Crippen molar-refractivity contribution in [3.8, 4) is 5.75 Å². The van der Waals surface area contributed by atoms with Gasteiger partial charge in [-0.3, -0.25) is 19.1 Å². The first-order chi connectivity index (χ1) is 20.2. The number of aromatic nitrogens is 2. The largest absolute Gasteiger partial charge is 0.462 e. The Hall–Kier alpha value is -3.11. The smallest absolute Gasteiger partial charge is 0.330 e. The predicted molar refractivity (Wildman–Crippen MR) is 151 cm³/mol. The number of rotatable bonds is 11. The molecule has 2 aromatic carbocycles. The van der Waals surface area contributed by atoms with Gasteiger partial charge < -0.3 is 28.7 Å². The van der Waals surface area contributed by atoms with Crippen LogP contribution in [0.15, 0.2) is 58.3 Å². The lowest BCUT2D eigenvalue weighted by atomic mass is 9.96. The van der Waals surface area contributed by atoms with Gasteiger partial charge in [-0.1, -0.05) is 30.3 Å². The van der Waals surface area contributed by atoms with Crippen LogP contribution in [-0.2, 0) is 30.6 Å². The Kier molecular flexibility index (Phi) is 9.81. The number of aromatic amines is 1. The molecule has 6 atom stereocenters. The number of aliphatic hydroxyl groups excluding tert-OH is 2. The van der Waals surface area contributed by atoms with Crippen LogP contribution in [0.4, 0.5) is 13.2 Å². The van der Waals surface area contributed by atoms with Gasteiger partial charge in [0.05, 0.1) is 18.9 Å². The molecule has 1 aliphatic rings. The van der Waals surface area contributed by atoms with Crippen molar-refractivity contribution >= 4 is 35.2 Å². The summed E-state index contributed by atoms with van der Waals surface area (Å²) in [6, 6.07) is 11.0. The maximum absolute atomic E-state index is 14.6. The Morgan fingerprint density at radius 3 is 2.51 bits per heavy atom. The molecule has 0 spiro atoms. The Morgan fingerprint density at radius 1 is 1.19 bits per heavy atom. The number of carbonyl (C=O) groups excluding carboxylic acids is 1. The van der Waals surface area contributed by atoms with Gasteiger partial charge in [0, 0.05) is 0 Å². The van der Waals surface area contributed by atoms with Crippen LogP contribution in [0, 0.1) is 5.82 Å². The lowest BCUT2D eigenvalue weighted by Gasteiger charge is -2.34. The number of H-pyrrole nitrogens is 1. The average Bonchev–Trinajstić information content (AvgIpc) is 3.19. The van der Waals surface area contributed by atoms with Crippen LogP contribution in [0.5, 0.6) is 5.75 Å². The monoisotopic (exact) mass is 647 g/mol. The topological polar surface area (TPSA) is 161 Å². The van der Waals surface area contributed by atoms with Gasteiger partial charge in [-0.25, -0.2) is 18.7 Å². The first-order valence-electron chi connectivity index (χ1n) is 12.9. The van der Waals surface area contributed by atoms with Crippen LogP contribution in [0.3, 0.4) is 0 Å². The van der Waals surface area contributed by atoms with Gasteiger partial charge in [0.2, 0.25) is 5.82 Å². The van der Waals surface area contributed by atoms with E-state index in [-0.39, 0.29) is 5.75 Å². The number of nitrogens with zero attached hydrogens (tertiary/aromatic N) is 1. The number of alkyl halides is 2. The van der Waals surface area contributed by atoms with E-state index in [2.05, 4.69) is 5.09 Å². The number of benzene rings is 2. The molecule has 234 valence electrons. The number of hydrogen-bond acceptors (Lipinski definition) is 10. The van der Waals surface area contributed by atoms with Gasteiger partial charge in [-0.2, -0.15) is 4.39 Å². The maximum atomic E-state index is 14.6. The molecule has 1 fully saturated rings. The predicted octanol–water partition coefficient (Wildman–Crippen LogP) is 2.33. The number of halogens is 3. The summed E-state index contributed by atoms with van der Waals surface area (Å²) in [6.45, 7) is -0.558. The second-order valence-corrected chi connectivity index (χ2v) is 13.2. The molecular weight excluding hydrogens is 618 g/mol. The molecular formula is C26H29F3N3O9PS. The van der Waals surface area contributed by atoms with Gasteiger partial charge >= 0.3 is 18.3 Å². The summed E-state index contributed by atoms with van der Waals surface area (Å²) in [6.07, 6.45) is -10.3. The molecule has 0 amide bonds. The highest BCUT2D eigenvalue weighted by Gasteiger charge is 2.61. The quantitative estimate of drug-likeness (QED) is 0.179. The maximum Gasteiger partial charge on any atom is 0.330 e. The van der Waals surface area contributed by atoms with Crippen molar-refractivity contribution in [2.24, 2.45) is 0 Å². The second kappa shape index (κ2) is 12.9. The van der Waals surface area contributed by atoms with Gasteiger partial charge in [0.15, 0.2) is 11.8 Å². The van der Waals surface area contributed by atoms with E-state index in [0.29, 0.717) is 10.8 Å². The Balaban J connectivity index is 1.66. The molecule has 1 aromatic heterocycles. The van der Waals surface area contributed by atoms with Crippen molar-refractivity contribution in [3.63, 3.8) is 0 Å². The van der Waals surface area contributed by atoms with Crippen LogP contribution in [0.1, 0.15) is 27.0 Å². The Bertz CT molecular complexity index is 1660. The van der Waals surface area contributed by atoms with E-state index in [1.165, 1.54) is 6.92 Å². The summed E-state index contributed by atoms with van der Waals surface area (Å²) in [5, 5.41) is 25.6. The third-order valence-electron chi connectivity index (χ3n) is 6.49. The van der Waals surface area contributed by atoms with E-state index < -0.39 is 78.9 Å². The number of ether oxygens (including phenoxy) is 2. The van der Waals surface area contributed by atoms with Crippen LogP contribution in [0.25, 0.3) is 10.8 Å². The number of fused-ring (bicyclic) bond motifs is 1. The highest BCUT2D eigenvalue weighted by Crippen LogP contribution is 2.49. The van der Waals surface area contributed by atoms with Gasteiger partial charge in [0.1, 0.15) is 24.0 Å². The van der Waals surface area contributed by atoms with E-state index in [1.54, 1.807) is 49.2 Å². The fourth-order valence-corrected chi connectivity index (χ4v) is 6.72. The van der Waals surface area contributed by atoms with E-state index in [0.717, 1.165) is 10.8 Å². The van der Waals surface area contributed by atoms with Gasteiger partial charge in [-0.05, 0) is 55.5 Å². The summed E-state index contributed by atoms with van der Waals surface area (Å²) in [5.74, 6) is -2.06. The summed E-state index contributed by atoms with van der Waals surface area (Å²) in [4.78, 5) is 37.8. The van der Waals surface area contributed by atoms with Crippen LogP contribution in [0.2, 0.25) is 0 Å². The lowest BCUT2D eigenvalue weighted by molar-refractivity contribution is -0.192. The van der Waals surface area contributed by atoms with E-state index in [4.69, 9.17) is 30.3 Å². The van der Waals surface area contributed by atoms with Crippen molar-refractivity contribution in [2.45, 2.75) is 63.4 Å². The molecule has 4 N–H and O–H groups in total. The van der Waals surface area contributed by atoms with Crippen LogP contribution >= 0.6 is 6.64 Å². The molecule has 3 aromatic rings. The average molecular weight is 648 g/mol. The van der Waals surface area contributed by atoms with E-state index in [1.807, 2.05) is 12.1 Å². The first-order valence-corrected chi connectivity index (χ1v) is 15.5. The summed E-state index contributed by atoms with van der Waals surface area (Å²) in [5.41, 5.74) is -5.70. The van der Waals surface area contributed by atoms with Crippen LogP contribution in [-0.4, -0.2) is 68.7 Å². The summed E-state index contributed by atoms with van der Waals surface area (Å²) in [7, 11) is 0. The molecule has 0 radical (unpaired) electrons. The number of hydrogen-bond donors (Lipinski definition) is 4. The van der Waals surface area contributed by atoms with Gasteiger partial charge in [0.25, 0.3) is 12.0 Å². The standard InChI is InChI=1S/C26H29F3N3O9PS/c1-13(2)39-23(36)14(3)31-42(43,41-17-9-8-15-6-4-5-7-16(15)10-17)38-12-26(24(28)29)20(34)19(33)22(40-26)32-11-18(27)21(35)30-25(32)37/h4-11,13-14,19-20,22,24,33-34H,12H2,1-3H3,(H,31,43)(H,30,35,37)/t14-,19+,20+,22+,26+,42?/m0/s1. The third-order valence-corrected chi connectivity index (χ3v) is 8.97. The SMILES string of the molecule is CC(C)OC(=O)[C@H](C)NP(=S)(OC[C@@]1(C(F)F)O[C@@H](n2cc(F)c(=O)[nH]c2=O)[C@H](O)[C@H]1O)Oc1ccc2ccccc2c1. The molecule has 2 heterocycles. The first kappa shape index (κ1) is 32.8. The minimum Gasteiger partial charge on any atom is -0.462 e. The zero-order valence-electron chi connectivity index (χ0n) is 23.0. The molecule has 0 aliphatic carbocycles.